The predicted molar refractivity (Wildman–Crippen MR) is 110 cm³/mol. The Morgan fingerprint density at radius 3 is 2.41 bits per heavy atom. The molecule has 0 aromatic heterocycles. The maximum absolute atomic E-state index is 13.1. The van der Waals surface area contributed by atoms with Crippen LogP contribution in [0.1, 0.15) is 16.8 Å². The Kier molecular flexibility index (Phi) is 6.28. The molecule has 7 nitrogen and oxygen atoms in total. The molecule has 0 radical (unpaired) electrons. The van der Waals surface area contributed by atoms with E-state index < -0.39 is 17.0 Å². The van der Waals surface area contributed by atoms with Crippen LogP contribution in [0.5, 0.6) is 0 Å². The summed E-state index contributed by atoms with van der Waals surface area (Å²) in [6, 6.07) is 11.8. The van der Waals surface area contributed by atoms with Gasteiger partial charge >= 0.3 is 5.97 Å². The summed E-state index contributed by atoms with van der Waals surface area (Å²) in [4.78, 5) is 41.7. The number of methoxy groups -OCH3 is 1. The van der Waals surface area contributed by atoms with Crippen LogP contribution in [-0.4, -0.2) is 42.4 Å². The number of esters is 1. The van der Waals surface area contributed by atoms with Crippen LogP contribution in [0.4, 0.5) is 15.8 Å². The highest BCUT2D eigenvalue weighted by molar-refractivity contribution is 8.15. The molecule has 0 aliphatic carbocycles. The third-order valence-electron chi connectivity index (χ3n) is 4.20. The molecule has 1 aliphatic rings. The number of halogens is 1. The number of carbonyl (C=O) groups excluding carboxylic acids is 3. The quantitative estimate of drug-likeness (QED) is 0.357. The number of amidine groups is 1. The van der Waals surface area contributed by atoms with Gasteiger partial charge < -0.3 is 10.1 Å². The summed E-state index contributed by atoms with van der Waals surface area (Å²) in [6.45, 7) is 0. The zero-order chi connectivity index (χ0) is 21.0. The number of benzene rings is 2. The van der Waals surface area contributed by atoms with Gasteiger partial charge in [-0.1, -0.05) is 11.8 Å². The van der Waals surface area contributed by atoms with Crippen molar-refractivity contribution in [1.82, 2.24) is 0 Å². The largest absolute Gasteiger partial charge is 0.465 e. The molecule has 29 heavy (non-hydrogen) atoms. The molecule has 1 fully saturated rings. The fraction of sp³-hybridized carbons (Fsp3) is 0.200. The van der Waals surface area contributed by atoms with E-state index in [0.29, 0.717) is 22.1 Å². The molecular weight excluding hydrogens is 397 g/mol. The van der Waals surface area contributed by atoms with Gasteiger partial charge in [-0.05, 0) is 48.5 Å². The lowest BCUT2D eigenvalue weighted by Crippen LogP contribution is -2.31. The van der Waals surface area contributed by atoms with Crippen molar-refractivity contribution in [3.8, 4) is 0 Å². The third kappa shape index (κ3) is 4.62. The summed E-state index contributed by atoms with van der Waals surface area (Å²) in [7, 11) is 2.87. The average molecular weight is 415 g/mol. The first-order chi connectivity index (χ1) is 13.9. The SMILES string of the molecule is CN=C(Nc1ccc(C(=O)OC)cc1)S[C@H]1CC(=O)N(c2ccc(F)cc2)C1=O. The molecule has 1 saturated heterocycles. The summed E-state index contributed by atoms with van der Waals surface area (Å²) in [5.74, 6) is -1.61. The van der Waals surface area contributed by atoms with E-state index >= 15 is 0 Å². The van der Waals surface area contributed by atoms with Gasteiger partial charge in [-0.2, -0.15) is 0 Å². The molecule has 150 valence electrons. The summed E-state index contributed by atoms with van der Waals surface area (Å²) in [5.41, 5.74) is 1.41. The highest BCUT2D eigenvalue weighted by Gasteiger charge is 2.40. The molecule has 0 unspecified atom stereocenters. The van der Waals surface area contributed by atoms with E-state index in [0.717, 1.165) is 16.7 Å². The Morgan fingerprint density at radius 1 is 1.17 bits per heavy atom. The van der Waals surface area contributed by atoms with E-state index in [-0.39, 0.29) is 18.2 Å². The third-order valence-corrected chi connectivity index (χ3v) is 5.37. The van der Waals surface area contributed by atoms with E-state index in [1.807, 2.05) is 0 Å². The molecule has 1 atom stereocenters. The lowest BCUT2D eigenvalue weighted by molar-refractivity contribution is -0.121. The van der Waals surface area contributed by atoms with Crippen LogP contribution >= 0.6 is 11.8 Å². The van der Waals surface area contributed by atoms with Crippen molar-refractivity contribution in [2.45, 2.75) is 11.7 Å². The predicted octanol–water partition coefficient (Wildman–Crippen LogP) is 3.08. The van der Waals surface area contributed by atoms with Crippen LogP contribution in [0.25, 0.3) is 0 Å². The summed E-state index contributed by atoms with van der Waals surface area (Å²) >= 11 is 1.14. The number of thioether (sulfide) groups is 1. The Balaban J connectivity index is 1.68. The molecule has 2 aromatic carbocycles. The number of nitrogens with one attached hydrogen (secondary N) is 1. The molecule has 2 amide bonds. The van der Waals surface area contributed by atoms with Crippen molar-refractivity contribution in [2.75, 3.05) is 24.4 Å². The van der Waals surface area contributed by atoms with Gasteiger partial charge in [-0.25, -0.2) is 14.1 Å². The molecule has 0 saturated carbocycles. The molecule has 1 heterocycles. The Morgan fingerprint density at radius 2 is 1.83 bits per heavy atom. The van der Waals surface area contributed by atoms with Crippen molar-refractivity contribution >= 4 is 46.1 Å². The molecule has 0 spiro atoms. The van der Waals surface area contributed by atoms with Crippen LogP contribution in [0, 0.1) is 5.82 Å². The number of anilines is 2. The number of amides is 2. The monoisotopic (exact) mass is 415 g/mol. The van der Waals surface area contributed by atoms with Gasteiger partial charge in [0, 0.05) is 19.2 Å². The lowest BCUT2D eigenvalue weighted by atomic mass is 10.2. The van der Waals surface area contributed by atoms with E-state index in [1.54, 1.807) is 31.3 Å². The number of nitrogens with zero attached hydrogens (tertiary/aromatic N) is 2. The first-order valence-electron chi connectivity index (χ1n) is 8.64. The molecule has 1 N–H and O–H groups in total. The molecule has 3 rings (SSSR count). The van der Waals surface area contributed by atoms with Crippen molar-refractivity contribution in [3.63, 3.8) is 0 Å². The molecule has 9 heteroatoms. The average Bonchev–Trinajstić information content (AvgIpc) is 3.01. The first-order valence-corrected chi connectivity index (χ1v) is 9.52. The Hall–Kier alpha value is -3.20. The number of aliphatic imine (C=N–C) groups is 1. The second kappa shape index (κ2) is 8.87. The number of ether oxygens (including phenoxy) is 1. The standard InChI is InChI=1S/C20H18FN3O4S/c1-22-20(23-14-7-3-12(4-8-14)19(27)28-2)29-16-11-17(25)24(18(16)26)15-9-5-13(21)6-10-15/h3-10,16H,11H2,1-2H3,(H,22,23)/t16-/m0/s1. The summed E-state index contributed by atoms with van der Waals surface area (Å²) in [5, 5.41) is 2.87. The number of carbonyl (C=O) groups is 3. The minimum absolute atomic E-state index is 0.0167. The van der Waals surface area contributed by atoms with Gasteiger partial charge in [-0.15, -0.1) is 0 Å². The number of hydrogen-bond donors (Lipinski definition) is 1. The maximum atomic E-state index is 13.1. The Labute approximate surface area is 170 Å². The van der Waals surface area contributed by atoms with Crippen molar-refractivity contribution < 1.29 is 23.5 Å². The first kappa shape index (κ1) is 20.5. The van der Waals surface area contributed by atoms with Gasteiger partial charge in [-0.3, -0.25) is 14.6 Å². The van der Waals surface area contributed by atoms with Gasteiger partial charge in [0.05, 0.1) is 18.4 Å². The van der Waals surface area contributed by atoms with Crippen LogP contribution < -0.4 is 10.2 Å². The van der Waals surface area contributed by atoms with Gasteiger partial charge in [0.1, 0.15) is 11.1 Å². The van der Waals surface area contributed by atoms with Crippen LogP contribution in [0.15, 0.2) is 53.5 Å². The minimum atomic E-state index is -0.645. The van der Waals surface area contributed by atoms with E-state index in [1.165, 1.54) is 31.4 Å². The smallest absolute Gasteiger partial charge is 0.337 e. The van der Waals surface area contributed by atoms with Crippen molar-refractivity contribution in [2.24, 2.45) is 4.99 Å². The second-order valence-corrected chi connectivity index (χ2v) is 7.27. The van der Waals surface area contributed by atoms with Crippen molar-refractivity contribution in [1.29, 1.82) is 0 Å². The van der Waals surface area contributed by atoms with Crippen LogP contribution in [0.3, 0.4) is 0 Å². The molecular formula is C20H18FN3O4S. The highest BCUT2D eigenvalue weighted by atomic mass is 32.2. The van der Waals surface area contributed by atoms with Gasteiger partial charge in [0.25, 0.3) is 0 Å². The van der Waals surface area contributed by atoms with Crippen LogP contribution in [0.2, 0.25) is 0 Å². The van der Waals surface area contributed by atoms with Crippen molar-refractivity contribution in [3.05, 3.63) is 59.9 Å². The lowest BCUT2D eigenvalue weighted by Gasteiger charge is -2.15. The summed E-state index contributed by atoms with van der Waals surface area (Å²) in [6.07, 6.45) is 0.0167. The van der Waals surface area contributed by atoms with E-state index in [2.05, 4.69) is 15.0 Å². The number of rotatable bonds is 4. The molecule has 0 bridgehead atoms. The van der Waals surface area contributed by atoms with E-state index in [4.69, 9.17) is 0 Å². The van der Waals surface area contributed by atoms with Gasteiger partial charge in [0.15, 0.2) is 5.17 Å². The molecule has 1 aliphatic heterocycles. The fourth-order valence-electron chi connectivity index (χ4n) is 2.76. The maximum Gasteiger partial charge on any atom is 0.337 e. The number of imide groups is 1. The van der Waals surface area contributed by atoms with Gasteiger partial charge in [0.2, 0.25) is 11.8 Å². The normalized spacial score (nSPS) is 16.9. The molecule has 2 aromatic rings. The second-order valence-electron chi connectivity index (χ2n) is 6.08. The Bertz CT molecular complexity index is 961. The highest BCUT2D eigenvalue weighted by Crippen LogP contribution is 2.30. The minimum Gasteiger partial charge on any atom is -0.465 e. The summed E-state index contributed by atoms with van der Waals surface area (Å²) < 4.78 is 17.8. The van der Waals surface area contributed by atoms with E-state index in [9.17, 15) is 18.8 Å². The van der Waals surface area contributed by atoms with Crippen LogP contribution in [-0.2, 0) is 14.3 Å². The zero-order valence-electron chi connectivity index (χ0n) is 15.7. The fourth-order valence-corrected chi connectivity index (χ4v) is 3.75. The zero-order valence-corrected chi connectivity index (χ0v) is 16.5. The topological polar surface area (TPSA) is 88.1 Å². The number of hydrogen-bond acceptors (Lipinski definition) is 6.